The number of hydrogen-bond acceptors (Lipinski definition) is 5. The van der Waals surface area contributed by atoms with Crippen molar-refractivity contribution in [2.75, 3.05) is 19.7 Å². The number of benzene rings is 1. The fourth-order valence-corrected chi connectivity index (χ4v) is 3.89. The first kappa shape index (κ1) is 22.3. The maximum atomic E-state index is 12.7. The molecular formula is C24H26ClN3O4. The largest absolute Gasteiger partial charge is 0.633 e. The molecule has 0 amide bonds. The summed E-state index contributed by atoms with van der Waals surface area (Å²) in [6.07, 6.45) is 5.20. The second-order valence-corrected chi connectivity index (χ2v) is 8.52. The molecule has 3 aromatic rings. The number of rotatable bonds is 8. The minimum absolute atomic E-state index is 0.101. The predicted octanol–water partition coefficient (Wildman–Crippen LogP) is 4.34. The molecule has 0 bridgehead atoms. The molecule has 0 spiro atoms. The summed E-state index contributed by atoms with van der Waals surface area (Å²) in [6, 6.07) is 13.8. The fraction of sp³-hybridized carbons (Fsp3) is 0.333. The van der Waals surface area contributed by atoms with Crippen molar-refractivity contribution >= 4 is 11.6 Å². The first-order chi connectivity index (χ1) is 15.4. The van der Waals surface area contributed by atoms with Gasteiger partial charge in [0.15, 0.2) is 0 Å². The van der Waals surface area contributed by atoms with Crippen LogP contribution in [0.15, 0.2) is 65.7 Å². The number of likely N-dealkylation sites (tertiary alicyclic amines) is 1. The van der Waals surface area contributed by atoms with E-state index >= 15 is 0 Å². The van der Waals surface area contributed by atoms with Gasteiger partial charge in [-0.15, -0.1) is 0 Å². The first-order valence-electron chi connectivity index (χ1n) is 10.7. The lowest BCUT2D eigenvalue weighted by Gasteiger charge is -2.43. The van der Waals surface area contributed by atoms with Crippen LogP contribution in [0.1, 0.15) is 25.5 Å². The number of quaternary nitrogens is 1. The molecule has 0 N–H and O–H groups in total. The zero-order valence-corrected chi connectivity index (χ0v) is 18.7. The average molecular weight is 456 g/mol. The van der Waals surface area contributed by atoms with E-state index in [1.54, 1.807) is 30.6 Å². The quantitative estimate of drug-likeness (QED) is 0.373. The molecule has 1 aliphatic heterocycles. The highest BCUT2D eigenvalue weighted by atomic mass is 35.5. The lowest BCUT2D eigenvalue weighted by Crippen LogP contribution is -2.49. The Morgan fingerprint density at radius 1 is 1.09 bits per heavy atom. The van der Waals surface area contributed by atoms with Crippen LogP contribution in [0.25, 0.3) is 5.69 Å². The van der Waals surface area contributed by atoms with Crippen molar-refractivity contribution in [2.24, 2.45) is 0 Å². The molecule has 8 heteroatoms. The SMILES string of the molecule is C[C@H](COc1ccc(-n2ccc(OCc3ccc(Cl)cn3)cc2=O)cc1)[N+]1([O-])CCCC1. The smallest absolute Gasteiger partial charge is 0.258 e. The molecule has 1 aromatic carbocycles. The van der Waals surface area contributed by atoms with E-state index in [1.807, 2.05) is 31.2 Å². The van der Waals surface area contributed by atoms with Gasteiger partial charge in [-0.3, -0.25) is 14.3 Å². The van der Waals surface area contributed by atoms with E-state index in [4.69, 9.17) is 21.1 Å². The van der Waals surface area contributed by atoms with Crippen LogP contribution in [0.4, 0.5) is 0 Å². The van der Waals surface area contributed by atoms with Crippen LogP contribution in [0.5, 0.6) is 11.5 Å². The van der Waals surface area contributed by atoms with Crippen LogP contribution in [0.3, 0.4) is 0 Å². The number of halogens is 1. The fourth-order valence-electron chi connectivity index (χ4n) is 3.78. The Morgan fingerprint density at radius 2 is 1.84 bits per heavy atom. The Balaban J connectivity index is 1.36. The van der Waals surface area contributed by atoms with Gasteiger partial charge in [0, 0.05) is 37.0 Å². The minimum Gasteiger partial charge on any atom is -0.633 e. The summed E-state index contributed by atoms with van der Waals surface area (Å²) in [5.74, 6) is 1.14. The van der Waals surface area contributed by atoms with Gasteiger partial charge in [0.1, 0.15) is 30.8 Å². The summed E-state index contributed by atoms with van der Waals surface area (Å²) in [4.78, 5) is 16.7. The lowest BCUT2D eigenvalue weighted by molar-refractivity contribution is -0.891. The van der Waals surface area contributed by atoms with E-state index in [9.17, 15) is 10.0 Å². The Labute approximate surface area is 192 Å². The van der Waals surface area contributed by atoms with Gasteiger partial charge in [-0.05, 0) is 49.4 Å². The molecule has 3 heterocycles. The molecule has 0 unspecified atom stereocenters. The van der Waals surface area contributed by atoms with Gasteiger partial charge in [0.25, 0.3) is 5.56 Å². The van der Waals surface area contributed by atoms with Crippen LogP contribution >= 0.6 is 11.6 Å². The number of nitrogens with zero attached hydrogens (tertiary/aromatic N) is 3. The van der Waals surface area contributed by atoms with Crippen LogP contribution in [-0.2, 0) is 6.61 Å². The van der Waals surface area contributed by atoms with Gasteiger partial charge in [0.05, 0.1) is 23.8 Å². The van der Waals surface area contributed by atoms with Gasteiger partial charge < -0.3 is 19.3 Å². The average Bonchev–Trinajstić information content (AvgIpc) is 3.25. The van der Waals surface area contributed by atoms with Crippen LogP contribution < -0.4 is 15.0 Å². The molecule has 1 saturated heterocycles. The highest BCUT2D eigenvalue weighted by molar-refractivity contribution is 6.30. The van der Waals surface area contributed by atoms with Crippen LogP contribution in [-0.4, -0.2) is 39.9 Å². The van der Waals surface area contributed by atoms with E-state index in [0.29, 0.717) is 41.9 Å². The zero-order chi connectivity index (χ0) is 22.6. The minimum atomic E-state index is -0.208. The molecule has 0 radical (unpaired) electrons. The van der Waals surface area contributed by atoms with E-state index in [0.717, 1.165) is 18.5 Å². The van der Waals surface area contributed by atoms with Crippen molar-refractivity contribution in [3.05, 3.63) is 87.2 Å². The second kappa shape index (κ2) is 9.73. The molecule has 0 aliphatic carbocycles. The Bertz CT molecular complexity index is 1090. The molecular weight excluding hydrogens is 430 g/mol. The number of hydrogen-bond donors (Lipinski definition) is 0. The summed E-state index contributed by atoms with van der Waals surface area (Å²) >= 11 is 5.83. The molecule has 32 heavy (non-hydrogen) atoms. The molecule has 7 nitrogen and oxygen atoms in total. The molecule has 4 rings (SSSR count). The van der Waals surface area contributed by atoms with Crippen LogP contribution in [0.2, 0.25) is 5.02 Å². The zero-order valence-electron chi connectivity index (χ0n) is 17.9. The second-order valence-electron chi connectivity index (χ2n) is 8.09. The van der Waals surface area contributed by atoms with E-state index in [2.05, 4.69) is 4.98 Å². The third-order valence-corrected chi connectivity index (χ3v) is 6.02. The molecule has 1 fully saturated rings. The van der Waals surface area contributed by atoms with Crippen molar-refractivity contribution in [1.29, 1.82) is 0 Å². The monoisotopic (exact) mass is 455 g/mol. The predicted molar refractivity (Wildman–Crippen MR) is 123 cm³/mol. The highest BCUT2D eigenvalue weighted by Crippen LogP contribution is 2.23. The molecule has 1 aliphatic rings. The van der Waals surface area contributed by atoms with Gasteiger partial charge in [-0.2, -0.15) is 0 Å². The lowest BCUT2D eigenvalue weighted by atomic mass is 10.2. The molecule has 0 saturated carbocycles. The van der Waals surface area contributed by atoms with E-state index < -0.39 is 0 Å². The maximum absolute atomic E-state index is 12.7. The van der Waals surface area contributed by atoms with Crippen molar-refractivity contribution in [1.82, 2.24) is 9.55 Å². The van der Waals surface area contributed by atoms with Gasteiger partial charge >= 0.3 is 0 Å². The van der Waals surface area contributed by atoms with Crippen molar-refractivity contribution in [2.45, 2.75) is 32.4 Å². The van der Waals surface area contributed by atoms with E-state index in [1.165, 1.54) is 10.6 Å². The number of pyridine rings is 2. The Kier molecular flexibility index (Phi) is 6.79. The topological polar surface area (TPSA) is 76.4 Å². The van der Waals surface area contributed by atoms with Crippen molar-refractivity contribution in [3.63, 3.8) is 0 Å². The Morgan fingerprint density at radius 3 is 2.50 bits per heavy atom. The Hall–Kier alpha value is -2.87. The van der Waals surface area contributed by atoms with Gasteiger partial charge in [0.2, 0.25) is 0 Å². The number of hydroxylamine groups is 3. The summed E-state index contributed by atoms with van der Waals surface area (Å²) in [7, 11) is 0. The number of aromatic nitrogens is 2. The molecule has 1 atom stereocenters. The van der Waals surface area contributed by atoms with Crippen molar-refractivity contribution in [3.8, 4) is 17.2 Å². The summed E-state index contributed by atoms with van der Waals surface area (Å²) in [5, 5.41) is 13.2. The highest BCUT2D eigenvalue weighted by Gasteiger charge is 2.29. The molecule has 2 aromatic heterocycles. The standard InChI is InChI=1S/C24H26ClN3O4/c1-18(28(30)12-2-3-13-28)16-31-22-8-6-21(7-9-22)27-11-10-23(14-24(27)29)32-17-20-5-4-19(25)15-26-20/h4-11,14-15,18H,2-3,12-13,16-17H2,1H3/t18-/m1/s1. The summed E-state index contributed by atoms with van der Waals surface area (Å²) in [5.41, 5.74) is 1.23. The van der Waals surface area contributed by atoms with Gasteiger partial charge in [-0.1, -0.05) is 11.6 Å². The number of ether oxygens (including phenoxy) is 2. The van der Waals surface area contributed by atoms with Gasteiger partial charge in [-0.25, -0.2) is 0 Å². The maximum Gasteiger partial charge on any atom is 0.258 e. The summed E-state index contributed by atoms with van der Waals surface area (Å²) < 4.78 is 12.9. The first-order valence-corrected chi connectivity index (χ1v) is 11.1. The summed E-state index contributed by atoms with van der Waals surface area (Å²) in [6.45, 7) is 3.90. The van der Waals surface area contributed by atoms with E-state index in [-0.39, 0.29) is 22.9 Å². The van der Waals surface area contributed by atoms with Crippen LogP contribution in [0, 0.1) is 5.21 Å². The molecule has 168 valence electrons. The normalized spacial score (nSPS) is 16.0. The van der Waals surface area contributed by atoms with Crippen molar-refractivity contribution < 1.29 is 14.1 Å². The third-order valence-electron chi connectivity index (χ3n) is 5.80. The third kappa shape index (κ3) is 5.30.